The van der Waals surface area contributed by atoms with Gasteiger partial charge in [-0.05, 0) is 35.9 Å². The van der Waals surface area contributed by atoms with E-state index in [9.17, 15) is 0 Å². The minimum Gasteiger partial charge on any atom is -0.492 e. The molecule has 0 aliphatic carbocycles. The lowest BCUT2D eigenvalue weighted by Gasteiger charge is -2.21. The Morgan fingerprint density at radius 1 is 1.06 bits per heavy atom. The van der Waals surface area contributed by atoms with Gasteiger partial charge in [0, 0.05) is 35.5 Å². The fourth-order valence-electron chi connectivity index (χ4n) is 3.48. The number of nitrogens with zero attached hydrogens (tertiary/aromatic N) is 1. The number of pyridine rings is 1. The van der Waals surface area contributed by atoms with Gasteiger partial charge in [0.05, 0.1) is 17.7 Å². The normalized spacial score (nSPS) is 12.2. The second-order valence-electron chi connectivity index (χ2n) is 6.82. The Kier molecular flexibility index (Phi) is 6.32. The quantitative estimate of drug-likeness (QED) is 0.349. The zero-order chi connectivity index (χ0) is 22.0. The van der Waals surface area contributed by atoms with Crippen LogP contribution in [0, 0.1) is 5.82 Å². The van der Waals surface area contributed by atoms with Crippen LogP contribution in [0.1, 0.15) is 22.8 Å². The topological polar surface area (TPSA) is 56.4 Å². The van der Waals surface area contributed by atoms with Crippen molar-refractivity contribution in [2.75, 3.05) is 14.2 Å². The van der Waals surface area contributed by atoms with E-state index in [1.807, 2.05) is 12.1 Å². The van der Waals surface area contributed by atoms with Crippen LogP contribution < -0.4 is 9.47 Å². The molecule has 1 atom stereocenters. The van der Waals surface area contributed by atoms with Gasteiger partial charge in [0.1, 0.15) is 24.2 Å². The van der Waals surface area contributed by atoms with Gasteiger partial charge in [-0.3, -0.25) is 0 Å². The molecule has 31 heavy (non-hydrogen) atoms. The molecule has 0 radical (unpaired) electrons. The fourth-order valence-corrected chi connectivity index (χ4v) is 3.77. The molecule has 0 bridgehead atoms. The highest BCUT2D eigenvalue weighted by atomic mass is 35.5. The van der Waals surface area contributed by atoms with Crippen LogP contribution in [0.3, 0.4) is 0 Å². The van der Waals surface area contributed by atoms with Crippen molar-refractivity contribution >= 4 is 34.2 Å². The van der Waals surface area contributed by atoms with Gasteiger partial charge >= 0.3 is 0 Å². The van der Waals surface area contributed by atoms with E-state index in [0.717, 1.165) is 10.9 Å². The molecule has 1 unspecified atom stereocenters. The maximum atomic E-state index is 15.1. The van der Waals surface area contributed by atoms with Gasteiger partial charge in [0.15, 0.2) is 11.5 Å². The van der Waals surface area contributed by atoms with Crippen molar-refractivity contribution in [1.29, 1.82) is 0 Å². The van der Waals surface area contributed by atoms with E-state index in [1.54, 1.807) is 30.6 Å². The van der Waals surface area contributed by atoms with Crippen LogP contribution in [0.25, 0.3) is 11.0 Å². The zero-order valence-electron chi connectivity index (χ0n) is 16.8. The Bertz CT molecular complexity index is 1210. The molecular formula is C23H19Cl2FN2O3. The van der Waals surface area contributed by atoms with Crippen LogP contribution in [-0.4, -0.2) is 24.2 Å². The number of methoxy groups -OCH3 is 2. The Labute approximate surface area is 188 Å². The summed E-state index contributed by atoms with van der Waals surface area (Å²) in [6, 6.07) is 11.9. The number of halogens is 3. The summed E-state index contributed by atoms with van der Waals surface area (Å²) >= 11 is 12.1. The molecule has 160 valence electrons. The fraction of sp³-hybridized carbons (Fsp3) is 0.174. The molecule has 8 heteroatoms. The lowest BCUT2D eigenvalue weighted by atomic mass is 9.99. The Balaban J connectivity index is 1.74. The molecule has 0 saturated heterocycles. The number of benzene rings is 2. The minimum absolute atomic E-state index is 0.222. The highest BCUT2D eigenvalue weighted by Gasteiger charge is 2.27. The van der Waals surface area contributed by atoms with E-state index < -0.39 is 11.9 Å². The molecule has 0 amide bonds. The number of aromatic nitrogens is 2. The number of aromatic amines is 1. The van der Waals surface area contributed by atoms with Crippen LogP contribution in [0.4, 0.5) is 4.39 Å². The van der Waals surface area contributed by atoms with E-state index in [-0.39, 0.29) is 17.9 Å². The van der Waals surface area contributed by atoms with Gasteiger partial charge in [0.25, 0.3) is 0 Å². The number of H-pyrrole nitrogens is 1. The van der Waals surface area contributed by atoms with Gasteiger partial charge in [-0.25, -0.2) is 9.37 Å². The van der Waals surface area contributed by atoms with Crippen molar-refractivity contribution in [3.63, 3.8) is 0 Å². The summed E-state index contributed by atoms with van der Waals surface area (Å²) in [4.78, 5) is 7.33. The standard InChI is InChI=1S/C23H19Cl2FN2O3/c1-29-21(17-11-28-23-16(17)9-15(25)10-27-23)20-18(26)7-8-19(22(20)30-2)31-12-13-3-5-14(24)6-4-13/h3-11,21H,12H2,1-2H3,(H,27,28). The number of ether oxygens (including phenoxy) is 3. The maximum absolute atomic E-state index is 15.1. The Morgan fingerprint density at radius 3 is 2.55 bits per heavy atom. The molecule has 2 aromatic carbocycles. The highest BCUT2D eigenvalue weighted by molar-refractivity contribution is 6.31. The predicted molar refractivity (Wildman–Crippen MR) is 119 cm³/mol. The molecule has 0 aliphatic heterocycles. The first-order valence-corrected chi connectivity index (χ1v) is 10.2. The molecule has 4 aromatic rings. The second-order valence-corrected chi connectivity index (χ2v) is 7.69. The molecular weight excluding hydrogens is 442 g/mol. The second kappa shape index (κ2) is 9.14. The lowest BCUT2D eigenvalue weighted by Crippen LogP contribution is -2.09. The van der Waals surface area contributed by atoms with E-state index in [2.05, 4.69) is 9.97 Å². The average molecular weight is 461 g/mol. The third-order valence-electron chi connectivity index (χ3n) is 4.93. The number of nitrogens with one attached hydrogen (secondary N) is 1. The van der Waals surface area contributed by atoms with Crippen molar-refractivity contribution in [1.82, 2.24) is 9.97 Å². The molecule has 4 rings (SSSR count). The lowest BCUT2D eigenvalue weighted by molar-refractivity contribution is 0.130. The van der Waals surface area contributed by atoms with Crippen molar-refractivity contribution < 1.29 is 18.6 Å². The number of hydrogen-bond acceptors (Lipinski definition) is 4. The summed E-state index contributed by atoms with van der Waals surface area (Å²) in [5.41, 5.74) is 2.44. The number of rotatable bonds is 7. The van der Waals surface area contributed by atoms with Gasteiger partial charge in [-0.2, -0.15) is 0 Å². The van der Waals surface area contributed by atoms with Crippen LogP contribution >= 0.6 is 23.2 Å². The largest absolute Gasteiger partial charge is 0.492 e. The van der Waals surface area contributed by atoms with E-state index in [1.165, 1.54) is 26.4 Å². The summed E-state index contributed by atoms with van der Waals surface area (Å²) in [5, 5.41) is 1.84. The average Bonchev–Trinajstić information content (AvgIpc) is 3.18. The van der Waals surface area contributed by atoms with Gasteiger partial charge in [0.2, 0.25) is 0 Å². The first kappa shape index (κ1) is 21.4. The third-order valence-corrected chi connectivity index (χ3v) is 5.39. The molecule has 0 fully saturated rings. The molecule has 0 aliphatic rings. The van der Waals surface area contributed by atoms with Crippen molar-refractivity contribution in [2.24, 2.45) is 0 Å². The Morgan fingerprint density at radius 2 is 1.84 bits per heavy atom. The first-order chi connectivity index (χ1) is 15.0. The van der Waals surface area contributed by atoms with E-state index in [0.29, 0.717) is 27.0 Å². The monoisotopic (exact) mass is 460 g/mol. The molecule has 0 saturated carbocycles. The van der Waals surface area contributed by atoms with E-state index >= 15 is 4.39 Å². The highest BCUT2D eigenvalue weighted by Crippen LogP contribution is 2.42. The summed E-state index contributed by atoms with van der Waals surface area (Å²) < 4.78 is 32.3. The van der Waals surface area contributed by atoms with Crippen LogP contribution in [0.5, 0.6) is 11.5 Å². The van der Waals surface area contributed by atoms with Crippen molar-refractivity contribution in [2.45, 2.75) is 12.7 Å². The SMILES string of the molecule is COc1c(OCc2ccc(Cl)cc2)ccc(F)c1C(OC)c1c[nH]c2ncc(Cl)cc12. The molecule has 5 nitrogen and oxygen atoms in total. The summed E-state index contributed by atoms with van der Waals surface area (Å²) in [6.07, 6.45) is 2.49. The van der Waals surface area contributed by atoms with Crippen LogP contribution in [0.15, 0.2) is 54.9 Å². The van der Waals surface area contributed by atoms with Gasteiger partial charge in [-0.1, -0.05) is 35.3 Å². The van der Waals surface area contributed by atoms with Crippen LogP contribution in [0.2, 0.25) is 10.0 Å². The van der Waals surface area contributed by atoms with Crippen molar-refractivity contribution in [3.8, 4) is 11.5 Å². The van der Waals surface area contributed by atoms with Crippen molar-refractivity contribution in [3.05, 3.63) is 87.4 Å². The first-order valence-electron chi connectivity index (χ1n) is 9.40. The molecule has 2 aromatic heterocycles. The van der Waals surface area contributed by atoms with Crippen LogP contribution in [-0.2, 0) is 11.3 Å². The predicted octanol–water partition coefficient (Wildman–Crippen LogP) is 6.33. The Hall–Kier alpha value is -2.80. The smallest absolute Gasteiger partial charge is 0.169 e. The van der Waals surface area contributed by atoms with Gasteiger partial charge < -0.3 is 19.2 Å². The van der Waals surface area contributed by atoms with Gasteiger partial charge in [-0.15, -0.1) is 0 Å². The number of hydrogen-bond donors (Lipinski definition) is 1. The minimum atomic E-state index is -0.775. The molecule has 1 N–H and O–H groups in total. The zero-order valence-corrected chi connectivity index (χ0v) is 18.3. The maximum Gasteiger partial charge on any atom is 0.169 e. The summed E-state index contributed by atoms with van der Waals surface area (Å²) in [5.74, 6) is 0.170. The summed E-state index contributed by atoms with van der Waals surface area (Å²) in [6.45, 7) is 0.267. The van der Waals surface area contributed by atoms with E-state index in [4.69, 9.17) is 37.4 Å². The number of fused-ring (bicyclic) bond motifs is 1. The summed E-state index contributed by atoms with van der Waals surface area (Å²) in [7, 11) is 2.97. The molecule has 2 heterocycles. The molecule has 0 spiro atoms. The third kappa shape index (κ3) is 4.32.